The molecule has 1 aromatic heterocycles. The first-order chi connectivity index (χ1) is 10.1. The zero-order chi connectivity index (χ0) is 15.2. The highest BCUT2D eigenvalue weighted by Gasteiger charge is 2.06. The molecule has 0 radical (unpaired) electrons. The van der Waals surface area contributed by atoms with Crippen LogP contribution in [0.3, 0.4) is 0 Å². The zero-order valence-corrected chi connectivity index (χ0v) is 12.4. The van der Waals surface area contributed by atoms with Crippen molar-refractivity contribution in [2.24, 2.45) is 0 Å². The maximum Gasteiger partial charge on any atom is 0.269 e. The SMILES string of the molecule is CCCc1cc(=O)[nH]c(SCc2ccc([N+](=O)[O-])cc2)n1. The van der Waals surface area contributed by atoms with Crippen LogP contribution in [-0.2, 0) is 12.2 Å². The third kappa shape index (κ3) is 4.42. The monoisotopic (exact) mass is 305 g/mol. The predicted octanol–water partition coefficient (Wildman–Crippen LogP) is 2.92. The molecule has 0 saturated carbocycles. The largest absolute Gasteiger partial charge is 0.301 e. The van der Waals surface area contributed by atoms with Gasteiger partial charge < -0.3 is 4.98 Å². The second kappa shape index (κ2) is 7.03. The average Bonchev–Trinajstić information content (AvgIpc) is 2.45. The van der Waals surface area contributed by atoms with Gasteiger partial charge in [0.2, 0.25) is 0 Å². The van der Waals surface area contributed by atoms with Gasteiger partial charge in [-0.25, -0.2) is 4.98 Å². The van der Waals surface area contributed by atoms with E-state index < -0.39 is 4.92 Å². The number of aromatic amines is 1. The second-order valence-corrected chi connectivity index (χ2v) is 5.47. The molecule has 110 valence electrons. The van der Waals surface area contributed by atoms with Gasteiger partial charge in [-0.2, -0.15) is 0 Å². The molecule has 1 aromatic carbocycles. The highest BCUT2D eigenvalue weighted by molar-refractivity contribution is 7.98. The van der Waals surface area contributed by atoms with Crippen molar-refractivity contribution >= 4 is 17.4 Å². The molecular weight excluding hydrogens is 290 g/mol. The lowest BCUT2D eigenvalue weighted by molar-refractivity contribution is -0.384. The summed E-state index contributed by atoms with van der Waals surface area (Å²) >= 11 is 1.41. The van der Waals surface area contributed by atoms with E-state index in [9.17, 15) is 14.9 Å². The standard InChI is InChI=1S/C14H15N3O3S/c1-2-3-11-8-13(18)16-14(15-11)21-9-10-4-6-12(7-5-10)17(19)20/h4-8H,2-3,9H2,1H3,(H,15,16,18). The van der Waals surface area contributed by atoms with E-state index in [1.54, 1.807) is 12.1 Å². The van der Waals surface area contributed by atoms with Gasteiger partial charge in [0.05, 0.1) is 4.92 Å². The summed E-state index contributed by atoms with van der Waals surface area (Å²) in [6.45, 7) is 2.03. The van der Waals surface area contributed by atoms with Crippen molar-refractivity contribution in [1.29, 1.82) is 0 Å². The van der Waals surface area contributed by atoms with Crippen LogP contribution in [0.25, 0.3) is 0 Å². The number of nitrogens with one attached hydrogen (secondary N) is 1. The molecule has 0 bridgehead atoms. The van der Waals surface area contributed by atoms with Crippen molar-refractivity contribution in [3.63, 3.8) is 0 Å². The molecule has 0 atom stereocenters. The smallest absolute Gasteiger partial charge is 0.269 e. The van der Waals surface area contributed by atoms with E-state index in [4.69, 9.17) is 0 Å². The van der Waals surface area contributed by atoms with Crippen LogP contribution in [0, 0.1) is 10.1 Å². The molecule has 6 nitrogen and oxygen atoms in total. The lowest BCUT2D eigenvalue weighted by Gasteiger charge is -2.03. The summed E-state index contributed by atoms with van der Waals surface area (Å²) in [4.78, 5) is 28.8. The number of thioether (sulfide) groups is 1. The van der Waals surface area contributed by atoms with E-state index >= 15 is 0 Å². The Morgan fingerprint density at radius 2 is 2.05 bits per heavy atom. The van der Waals surface area contributed by atoms with Gasteiger partial charge in [-0.1, -0.05) is 37.2 Å². The van der Waals surface area contributed by atoms with Crippen molar-refractivity contribution < 1.29 is 4.92 Å². The molecule has 7 heteroatoms. The Morgan fingerprint density at radius 1 is 1.33 bits per heavy atom. The van der Waals surface area contributed by atoms with Gasteiger partial charge >= 0.3 is 0 Å². The molecular formula is C14H15N3O3S. The van der Waals surface area contributed by atoms with Gasteiger partial charge in [0.15, 0.2) is 5.16 Å². The number of non-ortho nitro benzene ring substituents is 1. The fourth-order valence-electron chi connectivity index (χ4n) is 1.80. The van der Waals surface area contributed by atoms with Gasteiger partial charge in [0.1, 0.15) is 0 Å². The Kier molecular flexibility index (Phi) is 5.10. The van der Waals surface area contributed by atoms with E-state index in [1.807, 2.05) is 6.92 Å². The van der Waals surface area contributed by atoms with Gasteiger partial charge in [0.25, 0.3) is 11.2 Å². The molecule has 0 aliphatic heterocycles. The maximum atomic E-state index is 11.5. The summed E-state index contributed by atoms with van der Waals surface area (Å²) in [7, 11) is 0. The van der Waals surface area contributed by atoms with Crippen LogP contribution in [0.2, 0.25) is 0 Å². The molecule has 0 aliphatic carbocycles. The summed E-state index contributed by atoms with van der Waals surface area (Å²) in [5.41, 5.74) is 1.64. The van der Waals surface area contributed by atoms with Crippen molar-refractivity contribution in [2.45, 2.75) is 30.7 Å². The Balaban J connectivity index is 2.05. The number of aromatic nitrogens is 2. The van der Waals surface area contributed by atoms with Crippen molar-refractivity contribution in [3.8, 4) is 0 Å². The third-order valence-corrected chi connectivity index (χ3v) is 3.75. The zero-order valence-electron chi connectivity index (χ0n) is 11.5. The summed E-state index contributed by atoms with van der Waals surface area (Å²) in [6.07, 6.45) is 1.71. The van der Waals surface area contributed by atoms with Crippen molar-refractivity contribution in [2.75, 3.05) is 0 Å². The van der Waals surface area contributed by atoms with E-state index in [0.29, 0.717) is 10.9 Å². The van der Waals surface area contributed by atoms with Gasteiger partial charge in [-0.3, -0.25) is 14.9 Å². The van der Waals surface area contributed by atoms with Gasteiger partial charge in [0, 0.05) is 29.6 Å². The van der Waals surface area contributed by atoms with Crippen molar-refractivity contribution in [3.05, 3.63) is 62.1 Å². The van der Waals surface area contributed by atoms with Crippen LogP contribution in [0.5, 0.6) is 0 Å². The first-order valence-corrected chi connectivity index (χ1v) is 7.53. The highest BCUT2D eigenvalue weighted by Crippen LogP contribution is 2.20. The molecule has 21 heavy (non-hydrogen) atoms. The minimum atomic E-state index is -0.426. The minimum absolute atomic E-state index is 0.0697. The molecule has 1 N–H and O–H groups in total. The summed E-state index contributed by atoms with van der Waals surface area (Å²) in [6, 6.07) is 7.87. The topological polar surface area (TPSA) is 88.9 Å². The van der Waals surface area contributed by atoms with Crippen molar-refractivity contribution in [1.82, 2.24) is 9.97 Å². The second-order valence-electron chi connectivity index (χ2n) is 4.50. The van der Waals surface area contributed by atoms with Crippen LogP contribution in [0.1, 0.15) is 24.6 Å². The maximum absolute atomic E-state index is 11.5. The number of nitro groups is 1. The number of nitro benzene ring substituents is 1. The molecule has 1 heterocycles. The van der Waals surface area contributed by atoms with Crippen LogP contribution in [-0.4, -0.2) is 14.9 Å². The first kappa shape index (κ1) is 15.2. The molecule has 0 unspecified atom stereocenters. The number of benzene rings is 1. The fraction of sp³-hybridized carbons (Fsp3) is 0.286. The molecule has 2 aromatic rings. The summed E-state index contributed by atoms with van der Waals surface area (Å²) in [5, 5.41) is 11.2. The number of nitrogens with zero attached hydrogens (tertiary/aromatic N) is 2. The van der Waals surface area contributed by atoms with E-state index in [0.717, 1.165) is 24.1 Å². The highest BCUT2D eigenvalue weighted by atomic mass is 32.2. The molecule has 2 rings (SSSR count). The minimum Gasteiger partial charge on any atom is -0.301 e. The lowest BCUT2D eigenvalue weighted by atomic mass is 10.2. The number of hydrogen-bond acceptors (Lipinski definition) is 5. The van der Waals surface area contributed by atoms with E-state index in [2.05, 4.69) is 9.97 Å². The quantitative estimate of drug-likeness (QED) is 0.383. The van der Waals surface area contributed by atoms with E-state index in [-0.39, 0.29) is 11.2 Å². The molecule has 0 aliphatic rings. The molecule has 0 amide bonds. The average molecular weight is 305 g/mol. The number of H-pyrrole nitrogens is 1. The Bertz CT molecular complexity index is 683. The lowest BCUT2D eigenvalue weighted by Crippen LogP contribution is -2.09. The van der Waals surface area contributed by atoms with Gasteiger partial charge in [-0.05, 0) is 12.0 Å². The first-order valence-electron chi connectivity index (χ1n) is 6.55. The Labute approximate surface area is 125 Å². The number of aryl methyl sites for hydroxylation is 1. The summed E-state index contributed by atoms with van der Waals surface area (Å²) < 4.78 is 0. The Hall–Kier alpha value is -2.15. The normalized spacial score (nSPS) is 10.5. The molecule has 0 saturated heterocycles. The van der Waals surface area contributed by atoms with Crippen LogP contribution >= 0.6 is 11.8 Å². The van der Waals surface area contributed by atoms with Gasteiger partial charge in [-0.15, -0.1) is 0 Å². The van der Waals surface area contributed by atoms with Crippen LogP contribution in [0.4, 0.5) is 5.69 Å². The molecule has 0 spiro atoms. The van der Waals surface area contributed by atoms with E-state index in [1.165, 1.54) is 30.0 Å². The molecule has 0 fully saturated rings. The predicted molar refractivity (Wildman–Crippen MR) is 81.5 cm³/mol. The third-order valence-electron chi connectivity index (χ3n) is 2.80. The van der Waals surface area contributed by atoms with Crippen LogP contribution in [0.15, 0.2) is 40.3 Å². The number of hydrogen-bond donors (Lipinski definition) is 1. The number of rotatable bonds is 6. The summed E-state index contributed by atoms with van der Waals surface area (Å²) in [5.74, 6) is 0.594. The van der Waals surface area contributed by atoms with Crippen LogP contribution < -0.4 is 5.56 Å². The Morgan fingerprint density at radius 3 is 2.67 bits per heavy atom. The fourth-order valence-corrected chi connectivity index (χ4v) is 2.65.